The Kier molecular flexibility index (Phi) is 16.2. The van der Waals surface area contributed by atoms with E-state index in [0.717, 1.165) is 0 Å². The van der Waals surface area contributed by atoms with Crippen LogP contribution in [0.3, 0.4) is 0 Å². The normalized spacial score (nSPS) is 12.5. The van der Waals surface area contributed by atoms with Crippen LogP contribution in [0, 0.1) is 0 Å². The summed E-state index contributed by atoms with van der Waals surface area (Å²) in [5, 5.41) is 8.42. The number of carboxylic acids is 1. The molecule has 0 amide bonds. The average Bonchev–Trinajstić information content (AvgIpc) is 2.62. The number of carbonyl (C=O) groups is 1. The van der Waals surface area contributed by atoms with Crippen molar-refractivity contribution < 1.29 is 49.6 Å². The Labute approximate surface area is 166 Å². The van der Waals surface area contributed by atoms with Crippen LogP contribution < -0.4 is 0 Å². The van der Waals surface area contributed by atoms with Gasteiger partial charge in [0.1, 0.15) is 0 Å². The molecule has 0 aromatic heterocycles. The van der Waals surface area contributed by atoms with E-state index in [1.54, 1.807) is 20.8 Å². The van der Waals surface area contributed by atoms with Gasteiger partial charge >= 0.3 is 29.8 Å². The number of hydrogen-bond donors (Lipinski definition) is 1. The Balaban J connectivity index is 0. The van der Waals surface area contributed by atoms with E-state index in [4.69, 9.17) is 31.7 Å². The maximum atomic E-state index is 12.2. The minimum atomic E-state index is -4.20. The Morgan fingerprint density at radius 1 is 0.821 bits per heavy atom. The van der Waals surface area contributed by atoms with E-state index in [1.807, 2.05) is 0 Å². The zero-order valence-corrected chi connectivity index (χ0v) is 19.4. The standard InChI is InChI=1S/C9H19F3O3Si.C6H14O5Si/c1-4-13-16(14-5-2,15-6-3)8-7-9(10,11)12;1-9-12(10-2,11-3)5-4-6(7)8/h4-8H2,1-3H3;4-5H2,1-3H3,(H,7,8). The summed E-state index contributed by atoms with van der Waals surface area (Å²) in [6, 6.07) is 0.0812. The van der Waals surface area contributed by atoms with Crippen LogP contribution in [0.1, 0.15) is 33.6 Å². The highest BCUT2D eigenvalue weighted by atomic mass is 28.4. The van der Waals surface area contributed by atoms with E-state index in [9.17, 15) is 18.0 Å². The number of carboxylic acid groups (broad SMARTS) is 1. The summed E-state index contributed by atoms with van der Waals surface area (Å²) in [6.07, 6.45) is -5.13. The molecule has 0 bridgehead atoms. The number of alkyl halides is 3. The van der Waals surface area contributed by atoms with Gasteiger partial charge in [0.15, 0.2) is 0 Å². The first kappa shape index (κ1) is 29.7. The third kappa shape index (κ3) is 13.6. The molecule has 0 saturated heterocycles. The lowest BCUT2D eigenvalue weighted by molar-refractivity contribution is -0.137. The molecule has 1 N–H and O–H groups in total. The Bertz CT molecular complexity index is 384. The lowest BCUT2D eigenvalue weighted by atomic mass is 10.5. The van der Waals surface area contributed by atoms with Gasteiger partial charge in [0, 0.05) is 66.1 Å². The van der Waals surface area contributed by atoms with Crippen molar-refractivity contribution in [2.45, 2.75) is 51.9 Å². The Morgan fingerprint density at radius 3 is 1.46 bits per heavy atom. The molecular weight excluding hydrogens is 421 g/mol. The van der Waals surface area contributed by atoms with Gasteiger partial charge in [-0.25, -0.2) is 0 Å². The molecule has 170 valence electrons. The van der Waals surface area contributed by atoms with E-state index in [-0.39, 0.29) is 12.5 Å². The van der Waals surface area contributed by atoms with Crippen LogP contribution in [0.2, 0.25) is 12.1 Å². The molecule has 0 aromatic rings. The zero-order chi connectivity index (χ0) is 22.3. The summed E-state index contributed by atoms with van der Waals surface area (Å²) in [5.74, 6) is -0.877. The molecule has 0 unspecified atom stereocenters. The molecule has 0 aliphatic carbocycles. The van der Waals surface area contributed by atoms with Gasteiger partial charge in [0.05, 0.1) is 0 Å². The van der Waals surface area contributed by atoms with Crippen molar-refractivity contribution >= 4 is 23.6 Å². The van der Waals surface area contributed by atoms with E-state index >= 15 is 0 Å². The third-order valence-corrected chi connectivity index (χ3v) is 9.16. The molecule has 0 spiro atoms. The summed E-state index contributed by atoms with van der Waals surface area (Å²) < 4.78 is 67.4. The topological polar surface area (TPSA) is 92.7 Å². The van der Waals surface area contributed by atoms with Gasteiger partial charge in [-0.3, -0.25) is 4.79 Å². The molecule has 0 aromatic carbocycles. The first-order chi connectivity index (χ1) is 13.0. The molecule has 0 atom stereocenters. The molecule has 0 aliphatic heterocycles. The molecule has 0 heterocycles. The van der Waals surface area contributed by atoms with Crippen molar-refractivity contribution in [3.63, 3.8) is 0 Å². The van der Waals surface area contributed by atoms with E-state index in [0.29, 0.717) is 25.9 Å². The van der Waals surface area contributed by atoms with Crippen molar-refractivity contribution in [2.75, 3.05) is 41.2 Å². The molecule has 0 aliphatic rings. The second kappa shape index (κ2) is 15.3. The fraction of sp³-hybridized carbons (Fsp3) is 0.933. The minimum Gasteiger partial charge on any atom is -0.481 e. The van der Waals surface area contributed by atoms with Gasteiger partial charge in [-0.15, -0.1) is 0 Å². The largest absolute Gasteiger partial charge is 0.501 e. The summed E-state index contributed by atoms with van der Waals surface area (Å²) in [7, 11) is -1.41. The first-order valence-electron chi connectivity index (χ1n) is 8.85. The smallest absolute Gasteiger partial charge is 0.481 e. The molecule has 0 rings (SSSR count). The van der Waals surface area contributed by atoms with Crippen molar-refractivity contribution in [2.24, 2.45) is 0 Å². The van der Waals surface area contributed by atoms with Crippen molar-refractivity contribution in [3.05, 3.63) is 0 Å². The highest BCUT2D eigenvalue weighted by Gasteiger charge is 2.44. The lowest BCUT2D eigenvalue weighted by Crippen LogP contribution is -2.46. The molecule has 0 saturated carbocycles. The highest BCUT2D eigenvalue weighted by Crippen LogP contribution is 2.28. The third-order valence-electron chi connectivity index (χ3n) is 3.39. The van der Waals surface area contributed by atoms with Crippen LogP contribution in [-0.4, -0.2) is 76.0 Å². The summed E-state index contributed by atoms with van der Waals surface area (Å²) in [6.45, 7) is 6.03. The predicted molar refractivity (Wildman–Crippen MR) is 100.0 cm³/mol. The molecular formula is C15H33F3O8Si2. The van der Waals surface area contributed by atoms with E-state index in [1.165, 1.54) is 21.3 Å². The Hall–Kier alpha value is -0.546. The van der Waals surface area contributed by atoms with Gasteiger partial charge in [0.25, 0.3) is 0 Å². The fourth-order valence-corrected chi connectivity index (χ4v) is 6.34. The molecule has 28 heavy (non-hydrogen) atoms. The monoisotopic (exact) mass is 454 g/mol. The summed E-state index contributed by atoms with van der Waals surface area (Å²) >= 11 is 0. The Morgan fingerprint density at radius 2 is 1.21 bits per heavy atom. The van der Waals surface area contributed by atoms with Gasteiger partial charge < -0.3 is 31.7 Å². The summed E-state index contributed by atoms with van der Waals surface area (Å²) in [4.78, 5) is 10.2. The second-order valence-corrected chi connectivity index (χ2v) is 11.1. The second-order valence-electron chi connectivity index (χ2n) is 5.29. The number of aliphatic carboxylic acids is 1. The maximum absolute atomic E-state index is 12.2. The van der Waals surface area contributed by atoms with Crippen molar-refractivity contribution in [3.8, 4) is 0 Å². The number of rotatable bonds is 14. The van der Waals surface area contributed by atoms with E-state index in [2.05, 4.69) is 0 Å². The highest BCUT2D eigenvalue weighted by molar-refractivity contribution is 6.61. The van der Waals surface area contributed by atoms with Crippen LogP contribution in [-0.2, 0) is 31.4 Å². The van der Waals surface area contributed by atoms with Crippen molar-refractivity contribution in [1.82, 2.24) is 0 Å². The number of hydrogen-bond acceptors (Lipinski definition) is 7. The van der Waals surface area contributed by atoms with Crippen molar-refractivity contribution in [1.29, 1.82) is 0 Å². The fourth-order valence-electron chi connectivity index (χ4n) is 2.11. The molecule has 8 nitrogen and oxygen atoms in total. The van der Waals surface area contributed by atoms with Crippen LogP contribution in [0.25, 0.3) is 0 Å². The van der Waals surface area contributed by atoms with Crippen LogP contribution in [0.4, 0.5) is 13.2 Å². The van der Waals surface area contributed by atoms with Gasteiger partial charge in [-0.2, -0.15) is 13.2 Å². The van der Waals surface area contributed by atoms with Crippen LogP contribution in [0.5, 0.6) is 0 Å². The first-order valence-corrected chi connectivity index (χ1v) is 12.7. The van der Waals surface area contributed by atoms with Gasteiger partial charge in [-0.05, 0) is 20.8 Å². The molecule has 0 radical (unpaired) electrons. The number of halogens is 3. The SMILES string of the molecule is CCO[Si](CCC(F)(F)F)(OCC)OCC.CO[Si](CCC(=O)O)(OC)OC. The zero-order valence-electron chi connectivity index (χ0n) is 17.4. The minimum absolute atomic E-state index is 0.00173. The molecule has 0 fully saturated rings. The average molecular weight is 455 g/mol. The quantitative estimate of drug-likeness (QED) is 0.400. The van der Waals surface area contributed by atoms with E-state index < -0.39 is 36.2 Å². The summed E-state index contributed by atoms with van der Waals surface area (Å²) in [5.41, 5.74) is 0. The predicted octanol–water partition coefficient (Wildman–Crippen LogP) is 3.33. The van der Waals surface area contributed by atoms with Crippen LogP contribution >= 0.6 is 0 Å². The van der Waals surface area contributed by atoms with Crippen LogP contribution in [0.15, 0.2) is 0 Å². The van der Waals surface area contributed by atoms with Gasteiger partial charge in [-0.1, -0.05) is 0 Å². The lowest BCUT2D eigenvalue weighted by Gasteiger charge is -2.28. The maximum Gasteiger partial charge on any atom is 0.501 e. The molecule has 13 heteroatoms. The van der Waals surface area contributed by atoms with Gasteiger partial charge in [0.2, 0.25) is 0 Å².